The fraction of sp³-hybridized carbons (Fsp3) is 0.417. The summed E-state index contributed by atoms with van der Waals surface area (Å²) in [6.45, 7) is 7.04. The predicted octanol–water partition coefficient (Wildman–Crippen LogP) is 6.22. The maximum absolute atomic E-state index is 13.3. The van der Waals surface area contributed by atoms with E-state index in [2.05, 4.69) is 19.7 Å². The van der Waals surface area contributed by atoms with Crippen molar-refractivity contribution < 1.29 is 9.59 Å². The first-order chi connectivity index (χ1) is 15.3. The second kappa shape index (κ2) is 9.24. The smallest absolute Gasteiger partial charge is 0.192 e. The minimum absolute atomic E-state index is 0.0408. The van der Waals surface area contributed by atoms with Crippen LogP contribution in [0.5, 0.6) is 0 Å². The first kappa shape index (κ1) is 22.8. The van der Waals surface area contributed by atoms with Crippen LogP contribution in [0, 0.1) is 13.8 Å². The van der Waals surface area contributed by atoms with E-state index in [9.17, 15) is 9.59 Å². The zero-order valence-corrected chi connectivity index (χ0v) is 20.3. The molecule has 1 aliphatic rings. The normalized spacial score (nSPS) is 15.3. The zero-order valence-electron chi connectivity index (χ0n) is 18.7. The molecule has 0 unspecified atom stereocenters. The number of ketones is 2. The van der Waals surface area contributed by atoms with Crippen molar-refractivity contribution in [2.24, 2.45) is 0 Å². The summed E-state index contributed by atoms with van der Waals surface area (Å²) < 4.78 is 2.16. The predicted molar refractivity (Wildman–Crippen MR) is 128 cm³/mol. The molecule has 0 amide bonds. The van der Waals surface area contributed by atoms with Gasteiger partial charge in [-0.3, -0.25) is 14.2 Å². The molecule has 2 heterocycles. The molecule has 1 aromatic carbocycles. The molecule has 32 heavy (non-hydrogen) atoms. The van der Waals surface area contributed by atoms with E-state index in [0.717, 1.165) is 47.9 Å². The minimum atomic E-state index is -0.394. The van der Waals surface area contributed by atoms with Gasteiger partial charge in [-0.2, -0.15) is 0 Å². The molecule has 0 saturated heterocycles. The lowest BCUT2D eigenvalue weighted by Gasteiger charge is -2.18. The van der Waals surface area contributed by atoms with Crippen LogP contribution in [0.1, 0.15) is 77.7 Å². The number of benzene rings is 1. The highest BCUT2D eigenvalue weighted by Crippen LogP contribution is 2.39. The van der Waals surface area contributed by atoms with E-state index in [4.69, 9.17) is 11.6 Å². The Morgan fingerprint density at radius 3 is 2.50 bits per heavy atom. The number of H-pyrrole nitrogens is 1. The van der Waals surface area contributed by atoms with E-state index < -0.39 is 5.25 Å². The Morgan fingerprint density at radius 2 is 1.88 bits per heavy atom. The van der Waals surface area contributed by atoms with Gasteiger partial charge in [0.05, 0.1) is 16.0 Å². The van der Waals surface area contributed by atoms with Gasteiger partial charge in [-0.05, 0) is 58.2 Å². The zero-order chi connectivity index (χ0) is 23.0. The SMILES string of the molecule is CC(=O)c1c(C)[nH]c(C(=O)[C@H](C)Sc2nnc(-c3ccccc3Cl)n2C2CCCC2)c1C. The molecular weight excluding hydrogens is 444 g/mol. The third-order valence-corrected chi connectivity index (χ3v) is 7.54. The van der Waals surface area contributed by atoms with Crippen LogP contribution < -0.4 is 0 Å². The van der Waals surface area contributed by atoms with E-state index in [0.29, 0.717) is 27.9 Å². The maximum atomic E-state index is 13.3. The molecule has 1 saturated carbocycles. The fourth-order valence-electron chi connectivity index (χ4n) is 4.61. The monoisotopic (exact) mass is 470 g/mol. The number of carbonyl (C=O) groups is 2. The number of nitrogens with one attached hydrogen (secondary N) is 1. The summed E-state index contributed by atoms with van der Waals surface area (Å²) in [5, 5.41) is 9.91. The van der Waals surface area contributed by atoms with Crippen LogP contribution >= 0.6 is 23.4 Å². The van der Waals surface area contributed by atoms with Gasteiger partial charge < -0.3 is 4.98 Å². The number of hydrogen-bond acceptors (Lipinski definition) is 5. The Bertz CT molecular complexity index is 1180. The van der Waals surface area contributed by atoms with Crippen LogP contribution in [0.2, 0.25) is 5.02 Å². The number of aromatic amines is 1. The van der Waals surface area contributed by atoms with Crippen LogP contribution in [0.25, 0.3) is 11.4 Å². The first-order valence-electron chi connectivity index (χ1n) is 10.9. The quantitative estimate of drug-likeness (QED) is 0.327. The van der Waals surface area contributed by atoms with Crippen molar-refractivity contribution in [3.63, 3.8) is 0 Å². The lowest BCUT2D eigenvalue weighted by atomic mass is 10.0. The van der Waals surface area contributed by atoms with Crippen molar-refractivity contribution in [3.05, 3.63) is 51.8 Å². The Labute approximate surface area is 197 Å². The number of Topliss-reactive ketones (excluding diaryl/α,β-unsaturated/α-hetero) is 2. The van der Waals surface area contributed by atoms with E-state index in [1.54, 1.807) is 0 Å². The maximum Gasteiger partial charge on any atom is 0.192 e. The highest BCUT2D eigenvalue weighted by molar-refractivity contribution is 8.00. The molecule has 1 aliphatic carbocycles. The summed E-state index contributed by atoms with van der Waals surface area (Å²) in [6, 6.07) is 7.94. The number of hydrogen-bond donors (Lipinski definition) is 1. The van der Waals surface area contributed by atoms with Gasteiger partial charge in [0.1, 0.15) is 0 Å². The van der Waals surface area contributed by atoms with Crippen LogP contribution in [-0.4, -0.2) is 36.6 Å². The van der Waals surface area contributed by atoms with Crippen molar-refractivity contribution >= 4 is 34.9 Å². The number of aryl methyl sites for hydroxylation is 1. The molecule has 168 valence electrons. The summed E-state index contributed by atoms with van der Waals surface area (Å²) in [5.41, 5.74) is 3.38. The van der Waals surface area contributed by atoms with E-state index in [1.807, 2.05) is 45.0 Å². The standard InChI is InChI=1S/C24H27ClN4O2S/c1-13-20(15(3)30)14(2)26-21(13)22(31)16(4)32-24-28-27-23(18-11-7-8-12-19(18)25)29(24)17-9-5-6-10-17/h7-8,11-12,16-17,26H,5-6,9-10H2,1-4H3/t16-/m0/s1. The summed E-state index contributed by atoms with van der Waals surface area (Å²) >= 11 is 7.87. The van der Waals surface area contributed by atoms with Crippen molar-refractivity contribution in [2.45, 2.75) is 69.8 Å². The minimum Gasteiger partial charge on any atom is -0.355 e. The highest BCUT2D eigenvalue weighted by atomic mass is 35.5. The van der Waals surface area contributed by atoms with E-state index in [-0.39, 0.29) is 11.6 Å². The average molecular weight is 471 g/mol. The number of carbonyl (C=O) groups excluding carboxylic acids is 2. The fourth-order valence-corrected chi connectivity index (χ4v) is 5.81. The second-order valence-electron chi connectivity index (χ2n) is 8.40. The number of aromatic nitrogens is 4. The third-order valence-electron chi connectivity index (χ3n) is 6.16. The van der Waals surface area contributed by atoms with Crippen LogP contribution in [-0.2, 0) is 0 Å². The topological polar surface area (TPSA) is 80.6 Å². The number of halogens is 1. The van der Waals surface area contributed by atoms with Gasteiger partial charge in [0, 0.05) is 22.9 Å². The highest BCUT2D eigenvalue weighted by Gasteiger charge is 2.29. The van der Waals surface area contributed by atoms with Gasteiger partial charge in [0.15, 0.2) is 22.5 Å². The van der Waals surface area contributed by atoms with Gasteiger partial charge in [-0.1, -0.05) is 48.3 Å². The lowest BCUT2D eigenvalue weighted by molar-refractivity contribution is 0.0988. The van der Waals surface area contributed by atoms with Gasteiger partial charge >= 0.3 is 0 Å². The molecule has 0 aliphatic heterocycles. The van der Waals surface area contributed by atoms with Gasteiger partial charge in [0.2, 0.25) is 0 Å². The first-order valence-corrected chi connectivity index (χ1v) is 12.2. The van der Waals surface area contributed by atoms with Gasteiger partial charge in [-0.15, -0.1) is 10.2 Å². The number of nitrogens with zero attached hydrogens (tertiary/aromatic N) is 3. The Balaban J connectivity index is 1.67. The third kappa shape index (κ3) is 4.16. The number of thioether (sulfide) groups is 1. The van der Waals surface area contributed by atoms with Crippen molar-refractivity contribution in [1.82, 2.24) is 19.7 Å². The molecule has 1 atom stereocenters. The molecule has 1 fully saturated rings. The van der Waals surface area contributed by atoms with E-state index in [1.165, 1.54) is 18.7 Å². The van der Waals surface area contributed by atoms with Crippen molar-refractivity contribution in [3.8, 4) is 11.4 Å². The second-order valence-corrected chi connectivity index (χ2v) is 10.1. The van der Waals surface area contributed by atoms with Crippen LogP contribution in [0.4, 0.5) is 0 Å². The van der Waals surface area contributed by atoms with Crippen LogP contribution in [0.15, 0.2) is 29.4 Å². The Hall–Kier alpha value is -2.38. The molecule has 6 nitrogen and oxygen atoms in total. The lowest BCUT2D eigenvalue weighted by Crippen LogP contribution is -2.17. The molecular formula is C24H27ClN4O2S. The molecule has 0 radical (unpaired) electrons. The van der Waals surface area contributed by atoms with Gasteiger partial charge in [0.25, 0.3) is 0 Å². The molecule has 8 heteroatoms. The summed E-state index contributed by atoms with van der Waals surface area (Å²) in [6.07, 6.45) is 4.45. The largest absolute Gasteiger partial charge is 0.355 e. The van der Waals surface area contributed by atoms with Crippen molar-refractivity contribution in [2.75, 3.05) is 0 Å². The summed E-state index contributed by atoms with van der Waals surface area (Å²) in [5.74, 6) is 0.653. The molecule has 2 aromatic heterocycles. The Morgan fingerprint density at radius 1 is 1.19 bits per heavy atom. The van der Waals surface area contributed by atoms with Crippen molar-refractivity contribution in [1.29, 1.82) is 0 Å². The molecule has 0 spiro atoms. The van der Waals surface area contributed by atoms with E-state index >= 15 is 0 Å². The molecule has 1 N–H and O–H groups in total. The Kier molecular flexibility index (Phi) is 6.58. The molecule has 4 rings (SSSR count). The average Bonchev–Trinajstić information content (AvgIpc) is 3.47. The molecule has 3 aromatic rings. The number of rotatable bonds is 7. The van der Waals surface area contributed by atoms with Crippen LogP contribution in [0.3, 0.4) is 0 Å². The summed E-state index contributed by atoms with van der Waals surface area (Å²) in [4.78, 5) is 28.4. The molecule has 0 bridgehead atoms. The van der Waals surface area contributed by atoms with Gasteiger partial charge in [-0.25, -0.2) is 0 Å². The summed E-state index contributed by atoms with van der Waals surface area (Å²) in [7, 11) is 0.